The molecule has 0 saturated carbocycles. The molecular weight excluding hydrogens is 190 g/mol. The van der Waals surface area contributed by atoms with Gasteiger partial charge in [-0.1, -0.05) is 0 Å². The van der Waals surface area contributed by atoms with Crippen molar-refractivity contribution >= 4 is 5.69 Å². The number of ether oxygens (including phenoxy) is 2. The molecule has 0 unspecified atom stereocenters. The standard InChI is InChI=1S/C12H19NO2/c1-3-15-10-4-9-13-11-5-7-12(14-2)8-6-11/h5-8,13H,3-4,9-10H2,1-2H3. The summed E-state index contributed by atoms with van der Waals surface area (Å²) < 4.78 is 10.3. The second-order valence-corrected chi connectivity index (χ2v) is 3.21. The molecule has 0 bridgehead atoms. The Bertz CT molecular complexity index is 259. The molecule has 1 N–H and O–H groups in total. The van der Waals surface area contributed by atoms with Gasteiger partial charge in [0.1, 0.15) is 5.75 Å². The number of nitrogens with one attached hydrogen (secondary N) is 1. The van der Waals surface area contributed by atoms with E-state index in [-0.39, 0.29) is 0 Å². The van der Waals surface area contributed by atoms with Gasteiger partial charge in [0.2, 0.25) is 0 Å². The van der Waals surface area contributed by atoms with Crippen LogP contribution in [-0.4, -0.2) is 26.9 Å². The zero-order valence-corrected chi connectivity index (χ0v) is 9.45. The predicted octanol–water partition coefficient (Wildman–Crippen LogP) is 2.53. The topological polar surface area (TPSA) is 30.5 Å². The van der Waals surface area contributed by atoms with Crippen LogP contribution in [0.2, 0.25) is 0 Å². The van der Waals surface area contributed by atoms with E-state index in [4.69, 9.17) is 9.47 Å². The van der Waals surface area contributed by atoms with E-state index in [1.807, 2.05) is 31.2 Å². The molecule has 1 aromatic carbocycles. The largest absolute Gasteiger partial charge is 0.497 e. The zero-order chi connectivity index (χ0) is 10.9. The van der Waals surface area contributed by atoms with Crippen LogP contribution in [0.1, 0.15) is 13.3 Å². The van der Waals surface area contributed by atoms with E-state index in [9.17, 15) is 0 Å². The molecule has 0 spiro atoms. The van der Waals surface area contributed by atoms with Crippen LogP contribution in [0.5, 0.6) is 5.75 Å². The van der Waals surface area contributed by atoms with Gasteiger partial charge in [0.05, 0.1) is 7.11 Å². The first-order valence-corrected chi connectivity index (χ1v) is 5.32. The average molecular weight is 209 g/mol. The molecule has 3 nitrogen and oxygen atoms in total. The number of hydrogen-bond donors (Lipinski definition) is 1. The van der Waals surface area contributed by atoms with Crippen molar-refractivity contribution in [1.82, 2.24) is 0 Å². The highest BCUT2D eigenvalue weighted by Crippen LogP contribution is 2.14. The summed E-state index contributed by atoms with van der Waals surface area (Å²) in [4.78, 5) is 0. The van der Waals surface area contributed by atoms with E-state index in [0.29, 0.717) is 0 Å². The molecule has 0 aliphatic carbocycles. The lowest BCUT2D eigenvalue weighted by molar-refractivity contribution is 0.147. The van der Waals surface area contributed by atoms with E-state index < -0.39 is 0 Å². The van der Waals surface area contributed by atoms with Gasteiger partial charge in [0.15, 0.2) is 0 Å². The van der Waals surface area contributed by atoms with E-state index in [1.165, 1.54) is 0 Å². The molecule has 0 aliphatic rings. The highest BCUT2D eigenvalue weighted by Gasteiger charge is 1.93. The van der Waals surface area contributed by atoms with Crippen LogP contribution in [0, 0.1) is 0 Å². The molecule has 3 heteroatoms. The minimum Gasteiger partial charge on any atom is -0.497 e. The summed E-state index contributed by atoms with van der Waals surface area (Å²) in [5.74, 6) is 0.884. The second-order valence-electron chi connectivity index (χ2n) is 3.21. The fraction of sp³-hybridized carbons (Fsp3) is 0.500. The summed E-state index contributed by atoms with van der Waals surface area (Å²) in [5, 5.41) is 3.32. The molecule has 0 aromatic heterocycles. The van der Waals surface area contributed by atoms with Crippen molar-refractivity contribution in [3.63, 3.8) is 0 Å². The average Bonchev–Trinajstić information content (AvgIpc) is 2.30. The first-order valence-electron chi connectivity index (χ1n) is 5.32. The summed E-state index contributed by atoms with van der Waals surface area (Å²) in [6.45, 7) is 4.56. The van der Waals surface area contributed by atoms with Crippen molar-refractivity contribution < 1.29 is 9.47 Å². The second kappa shape index (κ2) is 7.12. The maximum Gasteiger partial charge on any atom is 0.119 e. The highest BCUT2D eigenvalue weighted by molar-refractivity contribution is 5.46. The van der Waals surface area contributed by atoms with E-state index >= 15 is 0 Å². The Kier molecular flexibility index (Phi) is 5.63. The van der Waals surface area contributed by atoms with Gasteiger partial charge < -0.3 is 14.8 Å². The van der Waals surface area contributed by atoms with E-state index in [0.717, 1.165) is 37.6 Å². The van der Waals surface area contributed by atoms with Crippen molar-refractivity contribution in [2.75, 3.05) is 32.2 Å². The Morgan fingerprint density at radius 3 is 2.53 bits per heavy atom. The van der Waals surface area contributed by atoms with Crippen LogP contribution < -0.4 is 10.1 Å². The number of rotatable bonds is 7. The molecule has 0 saturated heterocycles. The first kappa shape index (κ1) is 11.9. The fourth-order valence-corrected chi connectivity index (χ4v) is 1.26. The quantitative estimate of drug-likeness (QED) is 0.700. The molecule has 15 heavy (non-hydrogen) atoms. The Morgan fingerprint density at radius 2 is 1.93 bits per heavy atom. The molecule has 0 atom stereocenters. The van der Waals surface area contributed by atoms with Crippen molar-refractivity contribution in [3.05, 3.63) is 24.3 Å². The van der Waals surface area contributed by atoms with Gasteiger partial charge in [-0.15, -0.1) is 0 Å². The molecule has 0 amide bonds. The van der Waals surface area contributed by atoms with Crippen LogP contribution in [0.15, 0.2) is 24.3 Å². The van der Waals surface area contributed by atoms with Crippen molar-refractivity contribution in [3.8, 4) is 5.75 Å². The lowest BCUT2D eigenvalue weighted by atomic mass is 10.3. The van der Waals surface area contributed by atoms with E-state index in [1.54, 1.807) is 7.11 Å². The minimum atomic E-state index is 0.794. The lowest BCUT2D eigenvalue weighted by Gasteiger charge is -2.07. The van der Waals surface area contributed by atoms with Gasteiger partial charge >= 0.3 is 0 Å². The highest BCUT2D eigenvalue weighted by atomic mass is 16.5. The minimum absolute atomic E-state index is 0.794. The van der Waals surface area contributed by atoms with Crippen LogP contribution in [0.25, 0.3) is 0 Å². The Labute approximate surface area is 91.4 Å². The third-order valence-corrected chi connectivity index (χ3v) is 2.09. The SMILES string of the molecule is CCOCCCNc1ccc(OC)cc1. The maximum absolute atomic E-state index is 5.25. The van der Waals surface area contributed by atoms with Crippen molar-refractivity contribution in [1.29, 1.82) is 0 Å². The van der Waals surface area contributed by atoms with Gasteiger partial charge in [-0.2, -0.15) is 0 Å². The summed E-state index contributed by atoms with van der Waals surface area (Å²) >= 11 is 0. The summed E-state index contributed by atoms with van der Waals surface area (Å²) in [6, 6.07) is 7.93. The zero-order valence-electron chi connectivity index (χ0n) is 9.45. The molecule has 84 valence electrons. The third-order valence-electron chi connectivity index (χ3n) is 2.09. The van der Waals surface area contributed by atoms with Crippen LogP contribution in [0.3, 0.4) is 0 Å². The van der Waals surface area contributed by atoms with Gasteiger partial charge in [0, 0.05) is 25.4 Å². The lowest BCUT2D eigenvalue weighted by Crippen LogP contribution is -2.05. The van der Waals surface area contributed by atoms with Crippen LogP contribution >= 0.6 is 0 Å². The smallest absolute Gasteiger partial charge is 0.119 e. The molecule has 1 aromatic rings. The van der Waals surface area contributed by atoms with Gasteiger partial charge in [0.25, 0.3) is 0 Å². The van der Waals surface area contributed by atoms with E-state index in [2.05, 4.69) is 5.32 Å². The molecule has 0 radical (unpaired) electrons. The van der Waals surface area contributed by atoms with Crippen molar-refractivity contribution in [2.24, 2.45) is 0 Å². The van der Waals surface area contributed by atoms with Gasteiger partial charge in [-0.3, -0.25) is 0 Å². The van der Waals surface area contributed by atoms with Gasteiger partial charge in [-0.25, -0.2) is 0 Å². The molecule has 1 rings (SSSR count). The number of methoxy groups -OCH3 is 1. The molecular formula is C12H19NO2. The summed E-state index contributed by atoms with van der Waals surface area (Å²) in [6.07, 6.45) is 1.03. The monoisotopic (exact) mass is 209 g/mol. The molecule has 0 aliphatic heterocycles. The summed E-state index contributed by atoms with van der Waals surface area (Å²) in [7, 11) is 1.67. The van der Waals surface area contributed by atoms with Crippen molar-refractivity contribution in [2.45, 2.75) is 13.3 Å². The number of anilines is 1. The normalized spacial score (nSPS) is 10.0. The van der Waals surface area contributed by atoms with Gasteiger partial charge in [-0.05, 0) is 37.6 Å². The Morgan fingerprint density at radius 1 is 1.20 bits per heavy atom. The first-order chi connectivity index (χ1) is 7.36. The molecule has 0 heterocycles. The number of hydrogen-bond acceptors (Lipinski definition) is 3. The van der Waals surface area contributed by atoms with Crippen LogP contribution in [0.4, 0.5) is 5.69 Å². The number of benzene rings is 1. The Hall–Kier alpha value is -1.22. The third kappa shape index (κ3) is 4.70. The van der Waals surface area contributed by atoms with Crippen LogP contribution in [-0.2, 0) is 4.74 Å². The molecule has 0 fully saturated rings. The summed E-state index contributed by atoms with van der Waals surface area (Å²) in [5.41, 5.74) is 1.12. The maximum atomic E-state index is 5.25. The Balaban J connectivity index is 2.20. The fourth-order valence-electron chi connectivity index (χ4n) is 1.26. The predicted molar refractivity (Wildman–Crippen MR) is 62.6 cm³/mol.